The number of phenolic OH excluding ortho intramolecular Hbond substituents is 1. The van der Waals surface area contributed by atoms with Crippen LogP contribution >= 0.6 is 0 Å². The minimum Gasteiger partial charge on any atom is -0.508 e. The highest BCUT2D eigenvalue weighted by molar-refractivity contribution is 5.58. The predicted molar refractivity (Wildman–Crippen MR) is 96.1 cm³/mol. The Morgan fingerprint density at radius 1 is 1.00 bits per heavy atom. The number of rotatable bonds is 6. The molecule has 1 aliphatic heterocycles. The molecular weight excluding hydrogens is 300 g/mol. The number of benzene rings is 2. The van der Waals surface area contributed by atoms with Gasteiger partial charge in [0.15, 0.2) is 0 Å². The zero-order valence-corrected chi connectivity index (χ0v) is 14.2. The minimum absolute atomic E-state index is 0.222. The fourth-order valence-corrected chi connectivity index (χ4v) is 3.46. The van der Waals surface area contributed by atoms with E-state index in [1.54, 1.807) is 6.07 Å². The maximum atomic E-state index is 10.6. The number of fused-ring (bicyclic) bond motifs is 1. The first-order valence-electron chi connectivity index (χ1n) is 8.80. The van der Waals surface area contributed by atoms with Crippen LogP contribution in [-0.4, -0.2) is 21.9 Å². The molecule has 0 spiro atoms. The Morgan fingerprint density at radius 3 is 2.54 bits per heavy atom. The minimum atomic E-state index is -0.359. The highest BCUT2D eigenvalue weighted by Gasteiger charge is 2.33. The number of unbranched alkanes of at least 4 members (excludes halogenated alkanes) is 3. The topological polar surface area (TPSA) is 46.9 Å². The molecule has 0 saturated carbocycles. The van der Waals surface area contributed by atoms with Crippen LogP contribution in [0.5, 0.6) is 5.75 Å². The molecule has 1 atom stereocenters. The fourth-order valence-electron chi connectivity index (χ4n) is 3.46. The Bertz CT molecular complexity index is 674. The van der Waals surface area contributed by atoms with Gasteiger partial charge in [0.05, 0.1) is 6.54 Å². The third kappa shape index (κ3) is 3.40. The number of anilines is 1. The lowest BCUT2D eigenvalue weighted by Gasteiger charge is -2.43. The molecule has 0 fully saturated rings. The van der Waals surface area contributed by atoms with Gasteiger partial charge in [0, 0.05) is 17.8 Å². The molecule has 0 aliphatic carbocycles. The van der Waals surface area contributed by atoms with Gasteiger partial charge in [-0.2, -0.15) is 5.06 Å². The molecule has 128 valence electrons. The van der Waals surface area contributed by atoms with Gasteiger partial charge < -0.3 is 15.2 Å². The molecule has 2 aromatic carbocycles. The van der Waals surface area contributed by atoms with Crippen LogP contribution in [0, 0.1) is 0 Å². The van der Waals surface area contributed by atoms with Gasteiger partial charge in [-0.3, -0.25) is 0 Å². The second-order valence-corrected chi connectivity index (χ2v) is 6.41. The van der Waals surface area contributed by atoms with Crippen LogP contribution in [0.1, 0.15) is 49.9 Å². The summed E-state index contributed by atoms with van der Waals surface area (Å²) in [6.45, 7) is 3.52. The van der Waals surface area contributed by atoms with Crippen molar-refractivity contribution in [1.29, 1.82) is 0 Å². The monoisotopic (exact) mass is 326 g/mol. The lowest BCUT2D eigenvalue weighted by atomic mass is 10.0. The van der Waals surface area contributed by atoms with Crippen molar-refractivity contribution < 1.29 is 10.3 Å². The van der Waals surface area contributed by atoms with E-state index in [4.69, 9.17) is 0 Å². The van der Waals surface area contributed by atoms with E-state index in [2.05, 4.69) is 24.0 Å². The van der Waals surface area contributed by atoms with Gasteiger partial charge >= 0.3 is 0 Å². The van der Waals surface area contributed by atoms with Crippen molar-refractivity contribution in [2.75, 3.05) is 11.4 Å². The van der Waals surface area contributed by atoms with Crippen molar-refractivity contribution in [3.63, 3.8) is 0 Å². The van der Waals surface area contributed by atoms with Crippen molar-refractivity contribution in [3.05, 3.63) is 59.7 Å². The third-order valence-electron chi connectivity index (χ3n) is 4.68. The molecule has 1 aliphatic rings. The average Bonchev–Trinajstić information content (AvgIpc) is 2.59. The van der Waals surface area contributed by atoms with E-state index in [0.717, 1.165) is 29.8 Å². The predicted octanol–water partition coefficient (Wildman–Crippen LogP) is 4.68. The molecular formula is C20H26N2O2. The van der Waals surface area contributed by atoms with Gasteiger partial charge in [0.2, 0.25) is 0 Å². The lowest BCUT2D eigenvalue weighted by Crippen LogP contribution is -2.44. The Kier molecular flexibility index (Phi) is 5.38. The van der Waals surface area contributed by atoms with Crippen molar-refractivity contribution in [2.24, 2.45) is 0 Å². The summed E-state index contributed by atoms with van der Waals surface area (Å²) < 4.78 is 0. The summed E-state index contributed by atoms with van der Waals surface area (Å²) in [5.41, 5.74) is 3.00. The highest BCUT2D eigenvalue weighted by atomic mass is 16.5. The third-order valence-corrected chi connectivity index (χ3v) is 4.68. The van der Waals surface area contributed by atoms with Gasteiger partial charge in [-0.15, -0.1) is 0 Å². The zero-order chi connectivity index (χ0) is 16.9. The van der Waals surface area contributed by atoms with E-state index in [0.29, 0.717) is 6.54 Å². The molecule has 2 aromatic rings. The normalized spacial score (nSPS) is 17.8. The standard InChI is InChI=1S/C20H26N2O2/c1-2-3-4-9-14-21-18-12-7-5-10-16(18)15-22(24)20(21)17-11-6-8-13-19(17)23/h5-8,10-13,20,23-24H,2-4,9,14-15H2,1H3. The summed E-state index contributed by atoms with van der Waals surface area (Å²) in [5.74, 6) is 0.222. The quantitative estimate of drug-likeness (QED) is 0.757. The molecule has 4 heteroatoms. The first-order valence-corrected chi connectivity index (χ1v) is 8.80. The molecule has 0 amide bonds. The molecule has 24 heavy (non-hydrogen) atoms. The molecule has 1 unspecified atom stereocenters. The SMILES string of the molecule is CCCCCCN1c2ccccc2CN(O)C1c1ccccc1O. The number of hydroxylamine groups is 2. The first-order chi connectivity index (χ1) is 11.7. The van der Waals surface area contributed by atoms with Gasteiger partial charge in [0.25, 0.3) is 0 Å². The van der Waals surface area contributed by atoms with E-state index < -0.39 is 0 Å². The summed E-state index contributed by atoms with van der Waals surface area (Å²) in [6.07, 6.45) is 4.31. The number of hydrogen-bond donors (Lipinski definition) is 2. The van der Waals surface area contributed by atoms with E-state index in [1.165, 1.54) is 24.3 Å². The van der Waals surface area contributed by atoms with Crippen molar-refractivity contribution in [2.45, 2.75) is 45.3 Å². The van der Waals surface area contributed by atoms with E-state index in [-0.39, 0.29) is 11.9 Å². The maximum Gasteiger partial charge on any atom is 0.135 e. The molecule has 3 rings (SSSR count). The van der Waals surface area contributed by atoms with Crippen LogP contribution in [0.4, 0.5) is 5.69 Å². The number of nitrogens with zero attached hydrogens (tertiary/aromatic N) is 2. The maximum absolute atomic E-state index is 10.6. The first kappa shape index (κ1) is 16.8. The number of aromatic hydroxyl groups is 1. The van der Waals surface area contributed by atoms with Crippen molar-refractivity contribution in [1.82, 2.24) is 5.06 Å². The Balaban J connectivity index is 1.94. The second kappa shape index (κ2) is 7.69. The molecule has 4 nitrogen and oxygen atoms in total. The Hall–Kier alpha value is -2.04. The van der Waals surface area contributed by atoms with Crippen LogP contribution in [0.3, 0.4) is 0 Å². The largest absolute Gasteiger partial charge is 0.508 e. The second-order valence-electron chi connectivity index (χ2n) is 6.41. The number of para-hydroxylation sites is 2. The van der Waals surface area contributed by atoms with Crippen LogP contribution in [-0.2, 0) is 6.54 Å². The van der Waals surface area contributed by atoms with E-state index >= 15 is 0 Å². The van der Waals surface area contributed by atoms with Gasteiger partial charge in [-0.1, -0.05) is 62.6 Å². The van der Waals surface area contributed by atoms with Gasteiger partial charge in [-0.25, -0.2) is 0 Å². The highest BCUT2D eigenvalue weighted by Crippen LogP contribution is 2.40. The van der Waals surface area contributed by atoms with Crippen LogP contribution < -0.4 is 4.90 Å². The van der Waals surface area contributed by atoms with Crippen molar-refractivity contribution >= 4 is 5.69 Å². The van der Waals surface area contributed by atoms with Gasteiger partial charge in [0.1, 0.15) is 11.9 Å². The number of phenols is 1. The van der Waals surface area contributed by atoms with Crippen LogP contribution in [0.25, 0.3) is 0 Å². The van der Waals surface area contributed by atoms with E-state index in [1.807, 2.05) is 30.3 Å². The summed E-state index contributed by atoms with van der Waals surface area (Å²) in [7, 11) is 0. The zero-order valence-electron chi connectivity index (χ0n) is 14.2. The average molecular weight is 326 g/mol. The Morgan fingerprint density at radius 2 is 1.75 bits per heavy atom. The Labute approximate surface area is 143 Å². The molecule has 0 radical (unpaired) electrons. The molecule has 0 bridgehead atoms. The molecule has 0 saturated heterocycles. The molecule has 2 N–H and O–H groups in total. The summed E-state index contributed by atoms with van der Waals surface area (Å²) >= 11 is 0. The molecule has 1 heterocycles. The summed E-state index contributed by atoms with van der Waals surface area (Å²) in [6, 6.07) is 15.5. The van der Waals surface area contributed by atoms with Crippen LogP contribution in [0.15, 0.2) is 48.5 Å². The summed E-state index contributed by atoms with van der Waals surface area (Å²) in [5, 5.41) is 22.3. The fraction of sp³-hybridized carbons (Fsp3) is 0.400. The van der Waals surface area contributed by atoms with Gasteiger partial charge in [-0.05, 0) is 24.1 Å². The smallest absolute Gasteiger partial charge is 0.135 e. The van der Waals surface area contributed by atoms with E-state index in [9.17, 15) is 10.3 Å². The summed E-state index contributed by atoms with van der Waals surface area (Å²) in [4.78, 5) is 2.21. The van der Waals surface area contributed by atoms with Crippen molar-refractivity contribution in [3.8, 4) is 5.75 Å². The molecule has 0 aromatic heterocycles. The lowest BCUT2D eigenvalue weighted by molar-refractivity contribution is -0.142. The van der Waals surface area contributed by atoms with Crippen LogP contribution in [0.2, 0.25) is 0 Å². The number of hydrogen-bond acceptors (Lipinski definition) is 4.